The van der Waals surface area contributed by atoms with E-state index in [0.29, 0.717) is 18.0 Å². The smallest absolute Gasteiger partial charge is 0.265 e. The highest BCUT2D eigenvalue weighted by atomic mass is 32.1. The minimum Gasteiger partial charge on any atom is -0.352 e. The fourth-order valence-electron chi connectivity index (χ4n) is 2.90. The second-order valence-electron chi connectivity index (χ2n) is 6.12. The molecule has 0 aromatic carbocycles. The monoisotopic (exact) mass is 357 g/mol. The number of hydrogen-bond acceptors (Lipinski definition) is 6. The molecule has 1 aliphatic heterocycles. The van der Waals surface area contributed by atoms with Crippen molar-refractivity contribution in [2.45, 2.75) is 6.92 Å². The molecule has 0 aliphatic carbocycles. The van der Waals surface area contributed by atoms with E-state index in [2.05, 4.69) is 25.2 Å². The maximum absolute atomic E-state index is 12.7. The van der Waals surface area contributed by atoms with Gasteiger partial charge in [-0.15, -0.1) is 11.3 Å². The van der Waals surface area contributed by atoms with E-state index in [1.807, 2.05) is 31.1 Å². The van der Waals surface area contributed by atoms with Gasteiger partial charge in [0.1, 0.15) is 9.88 Å². The number of aromatic nitrogens is 5. The molecule has 0 spiro atoms. The van der Waals surface area contributed by atoms with Gasteiger partial charge in [0.2, 0.25) is 0 Å². The summed E-state index contributed by atoms with van der Waals surface area (Å²) in [6.07, 6.45) is 5.33. The summed E-state index contributed by atoms with van der Waals surface area (Å²) < 4.78 is 1.73. The lowest BCUT2D eigenvalue weighted by atomic mass is 10.3. The summed E-state index contributed by atoms with van der Waals surface area (Å²) in [4.78, 5) is 21.9. The average molecular weight is 357 g/mol. The summed E-state index contributed by atoms with van der Waals surface area (Å²) in [6.45, 7) is 4.92. The number of amides is 1. The van der Waals surface area contributed by atoms with Gasteiger partial charge in [-0.2, -0.15) is 10.2 Å². The van der Waals surface area contributed by atoms with E-state index in [0.717, 1.165) is 35.2 Å². The Balaban J connectivity index is 1.41. The number of anilines is 1. The molecule has 0 atom stereocenters. The number of H-pyrrole nitrogens is 1. The number of aromatic amines is 1. The fourth-order valence-corrected chi connectivity index (χ4v) is 3.76. The SMILES string of the molecule is Cc1cc(N2CCN(C(=O)c3cnc(-c4cnn(C)c4)s3)CC2)n[nH]1. The second kappa shape index (κ2) is 6.32. The van der Waals surface area contributed by atoms with Crippen molar-refractivity contribution in [3.63, 3.8) is 0 Å². The van der Waals surface area contributed by atoms with E-state index in [1.165, 1.54) is 11.3 Å². The highest BCUT2D eigenvalue weighted by molar-refractivity contribution is 7.16. The van der Waals surface area contributed by atoms with Gasteiger partial charge in [-0.25, -0.2) is 4.98 Å². The predicted octanol–water partition coefficient (Wildman–Crippen LogP) is 1.54. The predicted molar refractivity (Wildman–Crippen MR) is 95.8 cm³/mol. The van der Waals surface area contributed by atoms with Crippen LogP contribution < -0.4 is 4.90 Å². The number of aryl methyl sites for hydroxylation is 2. The van der Waals surface area contributed by atoms with Crippen LogP contribution in [0.25, 0.3) is 10.6 Å². The normalized spacial score (nSPS) is 15.0. The molecule has 25 heavy (non-hydrogen) atoms. The van der Waals surface area contributed by atoms with Gasteiger partial charge in [0.25, 0.3) is 5.91 Å². The Kier molecular flexibility index (Phi) is 4.00. The molecular formula is C16H19N7OS. The highest BCUT2D eigenvalue weighted by Crippen LogP contribution is 2.26. The van der Waals surface area contributed by atoms with Crippen molar-refractivity contribution in [3.8, 4) is 10.6 Å². The molecule has 1 N–H and O–H groups in total. The topological polar surface area (TPSA) is 82.9 Å². The summed E-state index contributed by atoms with van der Waals surface area (Å²) in [5, 5.41) is 12.2. The first kappa shape index (κ1) is 15.8. The van der Waals surface area contributed by atoms with Crippen LogP contribution in [0.3, 0.4) is 0 Å². The van der Waals surface area contributed by atoms with Crippen molar-refractivity contribution in [1.82, 2.24) is 29.9 Å². The molecule has 1 saturated heterocycles. The third-order valence-corrected chi connectivity index (χ3v) is 5.29. The van der Waals surface area contributed by atoms with E-state index < -0.39 is 0 Å². The molecule has 3 aromatic rings. The zero-order valence-corrected chi connectivity index (χ0v) is 15.0. The van der Waals surface area contributed by atoms with Crippen molar-refractivity contribution < 1.29 is 4.79 Å². The number of nitrogens with zero attached hydrogens (tertiary/aromatic N) is 6. The van der Waals surface area contributed by atoms with Crippen LogP contribution >= 0.6 is 11.3 Å². The first-order valence-electron chi connectivity index (χ1n) is 8.11. The van der Waals surface area contributed by atoms with E-state index in [-0.39, 0.29) is 5.91 Å². The summed E-state index contributed by atoms with van der Waals surface area (Å²) in [6, 6.07) is 2.03. The Morgan fingerprint density at radius 1 is 1.24 bits per heavy atom. The van der Waals surface area contributed by atoms with Crippen molar-refractivity contribution in [3.05, 3.63) is 35.2 Å². The molecule has 8 nitrogen and oxygen atoms in total. The molecule has 4 heterocycles. The second-order valence-corrected chi connectivity index (χ2v) is 7.15. The van der Waals surface area contributed by atoms with Crippen LogP contribution in [-0.2, 0) is 7.05 Å². The standard InChI is InChI=1S/C16H19N7OS/c1-11-7-14(20-19-11)22-3-5-23(6-4-22)16(24)13-9-17-15(25-13)12-8-18-21(2)10-12/h7-10H,3-6H2,1-2H3,(H,19,20). The first-order valence-corrected chi connectivity index (χ1v) is 8.93. The Bertz CT molecular complexity index is 888. The summed E-state index contributed by atoms with van der Waals surface area (Å²) in [7, 11) is 1.86. The van der Waals surface area contributed by atoms with Gasteiger partial charge in [-0.05, 0) is 6.92 Å². The van der Waals surface area contributed by atoms with Gasteiger partial charge in [0.05, 0.1) is 12.4 Å². The van der Waals surface area contributed by atoms with Gasteiger partial charge in [-0.1, -0.05) is 0 Å². The molecule has 1 amide bonds. The van der Waals surface area contributed by atoms with Gasteiger partial charge < -0.3 is 9.80 Å². The fraction of sp³-hybridized carbons (Fsp3) is 0.375. The van der Waals surface area contributed by atoms with Crippen LogP contribution in [0.4, 0.5) is 5.82 Å². The molecular weight excluding hydrogens is 338 g/mol. The Labute approximate surface area is 149 Å². The minimum absolute atomic E-state index is 0.0468. The van der Waals surface area contributed by atoms with Crippen LogP contribution in [0, 0.1) is 6.92 Å². The van der Waals surface area contributed by atoms with Crippen molar-refractivity contribution in [2.75, 3.05) is 31.1 Å². The molecule has 0 radical (unpaired) electrons. The summed E-state index contributed by atoms with van der Waals surface area (Å²) in [5.74, 6) is 0.992. The first-order chi connectivity index (χ1) is 12.1. The van der Waals surface area contributed by atoms with E-state index in [9.17, 15) is 4.79 Å². The van der Waals surface area contributed by atoms with Gasteiger partial charge in [-0.3, -0.25) is 14.6 Å². The van der Waals surface area contributed by atoms with E-state index in [1.54, 1.807) is 17.1 Å². The van der Waals surface area contributed by atoms with Crippen molar-refractivity contribution in [1.29, 1.82) is 0 Å². The lowest BCUT2D eigenvalue weighted by Crippen LogP contribution is -2.48. The molecule has 0 saturated carbocycles. The van der Waals surface area contributed by atoms with Crippen molar-refractivity contribution >= 4 is 23.1 Å². The van der Waals surface area contributed by atoms with Gasteiger partial charge >= 0.3 is 0 Å². The molecule has 1 aliphatic rings. The van der Waals surface area contributed by atoms with E-state index >= 15 is 0 Å². The summed E-state index contributed by atoms with van der Waals surface area (Å²) >= 11 is 1.41. The maximum Gasteiger partial charge on any atom is 0.265 e. The lowest BCUT2D eigenvalue weighted by Gasteiger charge is -2.34. The van der Waals surface area contributed by atoms with Gasteiger partial charge in [0.15, 0.2) is 5.82 Å². The number of carbonyl (C=O) groups excluding carboxylic acids is 1. The molecule has 0 unspecified atom stereocenters. The molecule has 0 bridgehead atoms. The van der Waals surface area contributed by atoms with Crippen LogP contribution in [0.15, 0.2) is 24.7 Å². The minimum atomic E-state index is 0.0468. The average Bonchev–Trinajstić information content (AvgIpc) is 3.35. The number of piperazine rings is 1. The summed E-state index contributed by atoms with van der Waals surface area (Å²) in [5.41, 5.74) is 1.98. The maximum atomic E-state index is 12.7. The molecule has 130 valence electrons. The largest absolute Gasteiger partial charge is 0.352 e. The number of thiazole rings is 1. The number of rotatable bonds is 3. The third-order valence-electron chi connectivity index (χ3n) is 4.25. The van der Waals surface area contributed by atoms with Crippen LogP contribution in [0.2, 0.25) is 0 Å². The van der Waals surface area contributed by atoms with Gasteiger partial charge in [0, 0.05) is 56.7 Å². The Hall–Kier alpha value is -2.68. The third kappa shape index (κ3) is 3.14. The van der Waals surface area contributed by atoms with Crippen LogP contribution in [0.1, 0.15) is 15.4 Å². The van der Waals surface area contributed by atoms with Crippen molar-refractivity contribution in [2.24, 2.45) is 7.05 Å². The number of nitrogens with one attached hydrogen (secondary N) is 1. The Morgan fingerprint density at radius 2 is 2.04 bits per heavy atom. The number of carbonyl (C=O) groups is 1. The molecule has 3 aromatic heterocycles. The molecule has 9 heteroatoms. The molecule has 1 fully saturated rings. The Morgan fingerprint density at radius 3 is 2.68 bits per heavy atom. The van der Waals surface area contributed by atoms with E-state index in [4.69, 9.17) is 0 Å². The molecule has 4 rings (SSSR count). The number of hydrogen-bond donors (Lipinski definition) is 1. The quantitative estimate of drug-likeness (QED) is 0.769. The van der Waals surface area contributed by atoms with Crippen LogP contribution in [-0.4, -0.2) is 61.9 Å². The zero-order chi connectivity index (χ0) is 17.4. The zero-order valence-electron chi connectivity index (χ0n) is 14.1. The van der Waals surface area contributed by atoms with Crippen LogP contribution in [0.5, 0.6) is 0 Å². The lowest BCUT2D eigenvalue weighted by molar-refractivity contribution is 0.0751. The highest BCUT2D eigenvalue weighted by Gasteiger charge is 2.25.